The largest absolute Gasteiger partial charge is 0.350 e. The van der Waals surface area contributed by atoms with Crippen molar-refractivity contribution in [3.63, 3.8) is 0 Å². The zero-order chi connectivity index (χ0) is 24.6. The summed E-state index contributed by atoms with van der Waals surface area (Å²) in [4.78, 5) is 38.6. The molecule has 1 heterocycles. The summed E-state index contributed by atoms with van der Waals surface area (Å²) in [6, 6.07) is 20.4. The highest BCUT2D eigenvalue weighted by Crippen LogP contribution is 2.35. The van der Waals surface area contributed by atoms with Crippen molar-refractivity contribution in [1.29, 1.82) is 0 Å². The Morgan fingerprint density at radius 2 is 1.41 bits per heavy atom. The average molecular weight is 456 g/mol. The third-order valence-corrected chi connectivity index (χ3v) is 5.76. The maximum atomic E-state index is 13.5. The minimum absolute atomic E-state index is 0.0247. The van der Waals surface area contributed by atoms with Crippen molar-refractivity contribution in [3.8, 4) is 0 Å². The molecule has 34 heavy (non-hydrogen) atoms. The molecule has 2 amide bonds. The van der Waals surface area contributed by atoms with Crippen LogP contribution in [0.3, 0.4) is 0 Å². The molecule has 0 saturated heterocycles. The van der Waals surface area contributed by atoms with Crippen LogP contribution in [0.1, 0.15) is 37.5 Å². The number of imide groups is 1. The number of nitrogens with one attached hydrogen (secondary N) is 1. The van der Waals surface area contributed by atoms with Gasteiger partial charge in [0.25, 0.3) is 17.5 Å². The molecule has 0 spiro atoms. The minimum atomic E-state index is -0.506. The molecule has 0 unspecified atom stereocenters. The SMILES string of the molecule is Cc1ccc(N2C(=O)C(Nc3ccc(C(C)(C)C)cc3)=C(c3ccc([N+](=O)[O-])cc3)C2=O)cc1. The summed E-state index contributed by atoms with van der Waals surface area (Å²) in [6.07, 6.45) is 0. The highest BCUT2D eigenvalue weighted by molar-refractivity contribution is 6.46. The van der Waals surface area contributed by atoms with Gasteiger partial charge in [-0.3, -0.25) is 19.7 Å². The Morgan fingerprint density at radius 1 is 0.824 bits per heavy atom. The van der Waals surface area contributed by atoms with Crippen molar-refractivity contribution in [2.24, 2.45) is 0 Å². The van der Waals surface area contributed by atoms with Gasteiger partial charge in [-0.2, -0.15) is 0 Å². The summed E-state index contributed by atoms with van der Waals surface area (Å²) < 4.78 is 0. The predicted octanol–water partition coefficient (Wildman–Crippen LogP) is 5.60. The molecule has 0 fully saturated rings. The number of rotatable bonds is 5. The van der Waals surface area contributed by atoms with Crippen LogP contribution in [0.4, 0.5) is 17.1 Å². The van der Waals surface area contributed by atoms with Crippen molar-refractivity contribution in [3.05, 3.63) is 105 Å². The lowest BCUT2D eigenvalue weighted by Crippen LogP contribution is -2.32. The van der Waals surface area contributed by atoms with Gasteiger partial charge < -0.3 is 5.32 Å². The second kappa shape index (κ2) is 8.59. The molecule has 0 atom stereocenters. The van der Waals surface area contributed by atoms with Gasteiger partial charge in [0, 0.05) is 17.8 Å². The van der Waals surface area contributed by atoms with Gasteiger partial charge in [0.05, 0.1) is 16.2 Å². The molecular weight excluding hydrogens is 430 g/mol. The number of carbonyl (C=O) groups excluding carboxylic acids is 2. The lowest BCUT2D eigenvalue weighted by Gasteiger charge is -2.19. The van der Waals surface area contributed by atoms with Crippen LogP contribution >= 0.6 is 0 Å². The highest BCUT2D eigenvalue weighted by atomic mass is 16.6. The minimum Gasteiger partial charge on any atom is -0.350 e. The number of nitro benzene ring substituents is 1. The van der Waals surface area contributed by atoms with Crippen LogP contribution in [0.15, 0.2) is 78.5 Å². The lowest BCUT2D eigenvalue weighted by molar-refractivity contribution is -0.384. The van der Waals surface area contributed by atoms with Crippen molar-refractivity contribution >= 4 is 34.4 Å². The van der Waals surface area contributed by atoms with Gasteiger partial charge in [0.1, 0.15) is 5.70 Å². The van der Waals surface area contributed by atoms with Gasteiger partial charge in [0.2, 0.25) is 0 Å². The average Bonchev–Trinajstić information content (AvgIpc) is 3.03. The van der Waals surface area contributed by atoms with Crippen molar-refractivity contribution in [1.82, 2.24) is 0 Å². The molecule has 1 aliphatic heterocycles. The Kier molecular flexibility index (Phi) is 5.79. The first-order chi connectivity index (χ1) is 16.1. The van der Waals surface area contributed by atoms with Crippen LogP contribution in [0, 0.1) is 17.0 Å². The van der Waals surface area contributed by atoms with E-state index in [1.54, 1.807) is 12.1 Å². The number of amides is 2. The Labute approximate surface area is 197 Å². The molecule has 0 aromatic heterocycles. The summed E-state index contributed by atoms with van der Waals surface area (Å²) in [6.45, 7) is 8.27. The number of non-ortho nitro benzene ring substituents is 1. The third-order valence-electron chi connectivity index (χ3n) is 5.76. The molecule has 0 saturated carbocycles. The Balaban J connectivity index is 1.78. The van der Waals surface area contributed by atoms with E-state index in [0.29, 0.717) is 16.9 Å². The van der Waals surface area contributed by atoms with Gasteiger partial charge in [0.15, 0.2) is 0 Å². The predicted molar refractivity (Wildman–Crippen MR) is 132 cm³/mol. The summed E-state index contributed by atoms with van der Waals surface area (Å²) in [7, 11) is 0. The Hall–Kier alpha value is -4.26. The van der Waals surface area contributed by atoms with Crippen molar-refractivity contribution in [2.45, 2.75) is 33.1 Å². The molecule has 3 aromatic rings. The smallest absolute Gasteiger partial charge is 0.282 e. The van der Waals surface area contributed by atoms with Crippen molar-refractivity contribution < 1.29 is 14.5 Å². The van der Waals surface area contributed by atoms with E-state index in [2.05, 4.69) is 26.1 Å². The Bertz CT molecular complexity index is 1300. The summed E-state index contributed by atoms with van der Waals surface area (Å²) in [5.74, 6) is -0.973. The van der Waals surface area contributed by atoms with Crippen LogP contribution in [0.5, 0.6) is 0 Å². The maximum absolute atomic E-state index is 13.5. The van der Waals surface area contributed by atoms with E-state index < -0.39 is 16.7 Å². The van der Waals surface area contributed by atoms with Gasteiger partial charge >= 0.3 is 0 Å². The second-order valence-corrected chi connectivity index (χ2v) is 9.29. The highest BCUT2D eigenvalue weighted by Gasteiger charge is 2.40. The third kappa shape index (κ3) is 4.32. The first kappa shape index (κ1) is 22.9. The zero-order valence-electron chi connectivity index (χ0n) is 19.5. The van der Waals surface area contributed by atoms with Gasteiger partial charge in [-0.15, -0.1) is 0 Å². The fraction of sp³-hybridized carbons (Fsp3) is 0.185. The summed E-state index contributed by atoms with van der Waals surface area (Å²) >= 11 is 0. The van der Waals surface area contributed by atoms with E-state index >= 15 is 0 Å². The number of nitrogens with zero attached hydrogens (tertiary/aromatic N) is 2. The molecular formula is C27H25N3O4. The maximum Gasteiger partial charge on any atom is 0.282 e. The van der Waals surface area contributed by atoms with Crippen LogP contribution in [-0.4, -0.2) is 16.7 Å². The summed E-state index contributed by atoms with van der Waals surface area (Å²) in [5, 5.41) is 14.2. The fourth-order valence-electron chi connectivity index (χ4n) is 3.79. The number of anilines is 2. The molecule has 4 rings (SSSR count). The monoisotopic (exact) mass is 455 g/mol. The first-order valence-electron chi connectivity index (χ1n) is 10.9. The Morgan fingerprint density at radius 3 is 1.94 bits per heavy atom. The molecule has 0 bridgehead atoms. The van der Waals surface area contributed by atoms with Crippen LogP contribution in [-0.2, 0) is 15.0 Å². The van der Waals surface area contributed by atoms with Crippen LogP contribution < -0.4 is 10.2 Å². The van der Waals surface area contributed by atoms with E-state index in [1.807, 2.05) is 43.3 Å². The summed E-state index contributed by atoms with van der Waals surface area (Å²) in [5.41, 5.74) is 3.86. The first-order valence-corrected chi connectivity index (χ1v) is 10.9. The van der Waals surface area contributed by atoms with E-state index in [-0.39, 0.29) is 22.4 Å². The van der Waals surface area contributed by atoms with Crippen LogP contribution in [0.25, 0.3) is 5.57 Å². The van der Waals surface area contributed by atoms with Gasteiger partial charge in [-0.25, -0.2) is 4.90 Å². The molecule has 7 nitrogen and oxygen atoms in total. The normalized spacial score (nSPS) is 14.1. The number of benzene rings is 3. The van der Waals surface area contributed by atoms with Crippen molar-refractivity contribution in [2.75, 3.05) is 10.2 Å². The number of hydrogen-bond acceptors (Lipinski definition) is 5. The zero-order valence-corrected chi connectivity index (χ0v) is 19.5. The standard InChI is InChI=1S/C27H25N3O4/c1-17-5-13-21(14-6-17)29-25(31)23(18-7-15-22(16-8-18)30(33)34)24(26(29)32)28-20-11-9-19(10-12-20)27(2,3)4/h5-16,28H,1-4H3. The number of aryl methyl sites for hydroxylation is 1. The second-order valence-electron chi connectivity index (χ2n) is 9.29. The van der Waals surface area contributed by atoms with E-state index in [9.17, 15) is 19.7 Å². The molecule has 0 radical (unpaired) electrons. The number of hydrogen-bond donors (Lipinski definition) is 1. The molecule has 3 aromatic carbocycles. The van der Waals surface area contributed by atoms with E-state index in [0.717, 1.165) is 16.0 Å². The van der Waals surface area contributed by atoms with Crippen LogP contribution in [0.2, 0.25) is 0 Å². The molecule has 1 aliphatic rings. The quantitative estimate of drug-likeness (QED) is 0.307. The fourth-order valence-corrected chi connectivity index (χ4v) is 3.79. The lowest BCUT2D eigenvalue weighted by atomic mass is 9.87. The number of nitro groups is 1. The van der Waals surface area contributed by atoms with Gasteiger partial charge in [-0.05, 0) is 59.9 Å². The molecule has 7 heteroatoms. The topological polar surface area (TPSA) is 92.6 Å². The number of carbonyl (C=O) groups is 2. The van der Waals surface area contributed by atoms with Gasteiger partial charge in [-0.1, -0.05) is 50.6 Å². The molecule has 172 valence electrons. The van der Waals surface area contributed by atoms with E-state index in [1.165, 1.54) is 24.3 Å². The molecule has 1 N–H and O–H groups in total. The van der Waals surface area contributed by atoms with E-state index in [4.69, 9.17) is 0 Å². The molecule has 0 aliphatic carbocycles.